The smallest absolute Gasteiger partial charge is 0.416 e. The van der Waals surface area contributed by atoms with Gasteiger partial charge in [-0.2, -0.15) is 24.9 Å². The highest BCUT2D eigenvalue weighted by molar-refractivity contribution is 7.99. The van der Waals surface area contributed by atoms with Gasteiger partial charge in [-0.25, -0.2) is 0 Å². The molecule has 0 aliphatic carbocycles. The Hall–Kier alpha value is -2.35. The van der Waals surface area contributed by atoms with Crippen molar-refractivity contribution in [3.63, 3.8) is 0 Å². The minimum absolute atomic E-state index is 0.0245. The van der Waals surface area contributed by atoms with Gasteiger partial charge in [0, 0.05) is 24.1 Å². The lowest BCUT2D eigenvalue weighted by molar-refractivity contribution is -0.138. The molecule has 2 aliphatic rings. The maximum Gasteiger partial charge on any atom is 0.416 e. The highest BCUT2D eigenvalue weighted by Crippen LogP contribution is 2.40. The van der Waals surface area contributed by atoms with Crippen LogP contribution in [0.4, 0.5) is 13.2 Å². The number of thioether (sulfide) groups is 1. The summed E-state index contributed by atoms with van der Waals surface area (Å²) in [6, 6.07) is 10.9. The molecule has 0 spiro atoms. The van der Waals surface area contributed by atoms with Crippen LogP contribution in [0.2, 0.25) is 0 Å². The van der Waals surface area contributed by atoms with Crippen molar-refractivity contribution in [1.82, 2.24) is 4.90 Å². The van der Waals surface area contributed by atoms with Crippen molar-refractivity contribution in [2.24, 2.45) is 0 Å². The monoisotopic (exact) mass is 423 g/mol. The Morgan fingerprint density at radius 2 is 1.93 bits per heavy atom. The van der Waals surface area contributed by atoms with Crippen LogP contribution in [0.5, 0.6) is 11.5 Å². The molecule has 1 fully saturated rings. The molecule has 0 radical (unpaired) electrons. The van der Waals surface area contributed by atoms with Crippen molar-refractivity contribution in [2.45, 2.75) is 24.3 Å². The summed E-state index contributed by atoms with van der Waals surface area (Å²) in [6.07, 6.45) is -3.65. The second-order valence-electron chi connectivity index (χ2n) is 7.02. The van der Waals surface area contributed by atoms with Crippen LogP contribution in [0.15, 0.2) is 42.5 Å². The molecule has 2 aromatic rings. The number of hydrogen-bond donors (Lipinski definition) is 0. The van der Waals surface area contributed by atoms with E-state index in [1.807, 2.05) is 18.2 Å². The Morgan fingerprint density at radius 1 is 1.10 bits per heavy atom. The maximum absolute atomic E-state index is 12.9. The molecule has 1 unspecified atom stereocenters. The lowest BCUT2D eigenvalue weighted by atomic mass is 10.1. The highest BCUT2D eigenvalue weighted by atomic mass is 32.2. The zero-order chi connectivity index (χ0) is 20.4. The third-order valence-electron chi connectivity index (χ3n) is 5.07. The van der Waals surface area contributed by atoms with Gasteiger partial charge in [-0.05, 0) is 35.7 Å². The minimum atomic E-state index is -4.41. The number of ether oxygens (including phenoxy) is 2. The van der Waals surface area contributed by atoms with Crippen LogP contribution in [-0.4, -0.2) is 36.4 Å². The predicted molar refractivity (Wildman–Crippen MR) is 104 cm³/mol. The van der Waals surface area contributed by atoms with Gasteiger partial charge in [-0.15, -0.1) is 0 Å². The molecule has 1 amide bonds. The quantitative estimate of drug-likeness (QED) is 0.719. The van der Waals surface area contributed by atoms with E-state index in [9.17, 15) is 18.0 Å². The number of nitrogens with zero attached hydrogens (tertiary/aromatic N) is 1. The van der Waals surface area contributed by atoms with Crippen LogP contribution in [0.1, 0.15) is 28.4 Å². The number of hydrogen-bond acceptors (Lipinski definition) is 4. The average Bonchev–Trinajstić information content (AvgIpc) is 3.02. The van der Waals surface area contributed by atoms with E-state index in [2.05, 4.69) is 0 Å². The first-order valence-corrected chi connectivity index (χ1v) is 10.4. The van der Waals surface area contributed by atoms with Gasteiger partial charge in [-0.1, -0.05) is 24.3 Å². The van der Waals surface area contributed by atoms with E-state index in [0.717, 1.165) is 41.4 Å². The first-order chi connectivity index (χ1) is 13.9. The Balaban J connectivity index is 1.39. The fourth-order valence-electron chi connectivity index (χ4n) is 3.54. The summed E-state index contributed by atoms with van der Waals surface area (Å²) in [5.74, 6) is 2.11. The zero-order valence-corrected chi connectivity index (χ0v) is 16.4. The summed E-state index contributed by atoms with van der Waals surface area (Å²) in [5, 5.41) is 0.232. The van der Waals surface area contributed by atoms with Gasteiger partial charge in [0.2, 0.25) is 12.7 Å². The summed E-state index contributed by atoms with van der Waals surface area (Å²) in [5.41, 5.74) is 0.789. The summed E-state index contributed by atoms with van der Waals surface area (Å²) >= 11 is 1.78. The third kappa shape index (κ3) is 4.63. The third-order valence-corrected chi connectivity index (χ3v) is 6.40. The molecule has 8 heteroatoms. The number of carbonyl (C=O) groups excluding carboxylic acids is 1. The van der Waals surface area contributed by atoms with E-state index in [1.165, 1.54) is 6.07 Å². The normalized spacial score (nSPS) is 19.1. The topological polar surface area (TPSA) is 38.8 Å². The van der Waals surface area contributed by atoms with Gasteiger partial charge in [0.15, 0.2) is 11.5 Å². The number of amides is 1. The van der Waals surface area contributed by atoms with Gasteiger partial charge >= 0.3 is 6.18 Å². The van der Waals surface area contributed by atoms with Crippen molar-refractivity contribution in [3.8, 4) is 11.5 Å². The highest BCUT2D eigenvalue weighted by Gasteiger charge is 2.31. The number of halogens is 3. The van der Waals surface area contributed by atoms with Gasteiger partial charge < -0.3 is 14.4 Å². The second kappa shape index (κ2) is 8.18. The predicted octanol–water partition coefficient (Wildman–Crippen LogP) is 4.68. The molecule has 1 atom stereocenters. The standard InChI is InChI=1S/C21H20F3NO3S/c22-21(23,24)16-3-1-2-14(10-16)11-20(26)25-7-6-19(29-9-8-25)15-4-5-17-18(12-15)28-13-27-17/h1-5,10,12,19H,6-9,11,13H2. The fourth-order valence-corrected chi connectivity index (χ4v) is 4.76. The summed E-state index contributed by atoms with van der Waals surface area (Å²) < 4.78 is 49.4. The Labute approximate surface area is 171 Å². The average molecular weight is 423 g/mol. The van der Waals surface area contributed by atoms with E-state index >= 15 is 0 Å². The minimum Gasteiger partial charge on any atom is -0.454 e. The molecule has 4 nitrogen and oxygen atoms in total. The molecule has 154 valence electrons. The Bertz CT molecular complexity index is 903. The van der Waals surface area contributed by atoms with E-state index in [4.69, 9.17) is 9.47 Å². The summed E-state index contributed by atoms with van der Waals surface area (Å²) in [6.45, 7) is 1.39. The Morgan fingerprint density at radius 3 is 2.76 bits per heavy atom. The fraction of sp³-hybridized carbons (Fsp3) is 0.381. The van der Waals surface area contributed by atoms with Crippen molar-refractivity contribution < 1.29 is 27.4 Å². The van der Waals surface area contributed by atoms with E-state index in [-0.39, 0.29) is 24.4 Å². The molecule has 2 aliphatic heterocycles. The van der Waals surface area contributed by atoms with Gasteiger partial charge in [0.25, 0.3) is 0 Å². The molecule has 0 saturated carbocycles. The lowest BCUT2D eigenvalue weighted by Crippen LogP contribution is -2.34. The number of carbonyl (C=O) groups is 1. The molecular weight excluding hydrogens is 403 g/mol. The summed E-state index contributed by atoms with van der Waals surface area (Å²) in [4.78, 5) is 14.4. The molecule has 2 aromatic carbocycles. The van der Waals surface area contributed by atoms with Crippen LogP contribution in [0.3, 0.4) is 0 Å². The van der Waals surface area contributed by atoms with E-state index in [1.54, 1.807) is 22.7 Å². The molecule has 29 heavy (non-hydrogen) atoms. The van der Waals surface area contributed by atoms with Crippen molar-refractivity contribution in [1.29, 1.82) is 0 Å². The number of benzene rings is 2. The van der Waals surface area contributed by atoms with Crippen LogP contribution in [-0.2, 0) is 17.4 Å². The molecular formula is C21H20F3NO3S. The number of rotatable bonds is 3. The summed E-state index contributed by atoms with van der Waals surface area (Å²) in [7, 11) is 0. The number of fused-ring (bicyclic) bond motifs is 1. The second-order valence-corrected chi connectivity index (χ2v) is 8.33. The van der Waals surface area contributed by atoms with Crippen LogP contribution < -0.4 is 9.47 Å². The van der Waals surface area contributed by atoms with Gasteiger partial charge in [-0.3, -0.25) is 4.79 Å². The zero-order valence-electron chi connectivity index (χ0n) is 15.6. The van der Waals surface area contributed by atoms with Crippen molar-refractivity contribution >= 4 is 17.7 Å². The SMILES string of the molecule is O=C(Cc1cccc(C(F)(F)F)c1)N1CCSC(c2ccc3c(c2)OCO3)CC1. The lowest BCUT2D eigenvalue weighted by Gasteiger charge is -2.21. The van der Waals surface area contributed by atoms with Crippen molar-refractivity contribution in [2.75, 3.05) is 25.6 Å². The first-order valence-electron chi connectivity index (χ1n) is 9.35. The van der Waals surface area contributed by atoms with E-state index < -0.39 is 11.7 Å². The molecule has 0 aromatic heterocycles. The van der Waals surface area contributed by atoms with Crippen molar-refractivity contribution in [3.05, 3.63) is 59.2 Å². The molecule has 4 rings (SSSR count). The molecule has 2 heterocycles. The number of alkyl halides is 3. The molecule has 0 N–H and O–H groups in total. The first kappa shape index (κ1) is 19.9. The van der Waals surface area contributed by atoms with Crippen LogP contribution >= 0.6 is 11.8 Å². The van der Waals surface area contributed by atoms with Crippen LogP contribution in [0, 0.1) is 0 Å². The largest absolute Gasteiger partial charge is 0.454 e. The van der Waals surface area contributed by atoms with Crippen LogP contribution in [0.25, 0.3) is 0 Å². The molecule has 0 bridgehead atoms. The van der Waals surface area contributed by atoms with E-state index in [0.29, 0.717) is 18.7 Å². The molecule has 1 saturated heterocycles. The maximum atomic E-state index is 12.9. The van der Waals surface area contributed by atoms with Gasteiger partial charge in [0.05, 0.1) is 12.0 Å². The van der Waals surface area contributed by atoms with Gasteiger partial charge in [0.1, 0.15) is 0 Å². The Kier molecular flexibility index (Phi) is 5.63.